The molecule has 6 heteroatoms. The first kappa shape index (κ1) is 17.6. The highest BCUT2D eigenvalue weighted by Crippen LogP contribution is 2.50. The van der Waals surface area contributed by atoms with Crippen molar-refractivity contribution in [3.63, 3.8) is 0 Å². The van der Waals surface area contributed by atoms with E-state index in [4.69, 9.17) is 17.3 Å². The Morgan fingerprint density at radius 2 is 1.92 bits per heavy atom. The van der Waals surface area contributed by atoms with Gasteiger partial charge in [0.1, 0.15) is 5.00 Å². The third-order valence-electron chi connectivity index (χ3n) is 5.34. The molecule has 1 saturated carbocycles. The Morgan fingerprint density at radius 3 is 2.69 bits per heavy atom. The number of nitrogens with one attached hydrogen (secondary N) is 1. The number of primary amides is 1. The SMILES string of the molecule is NC(=O)c1c(NC(=O)C2CC2c2ccccc2Cl)sc2c1CCCCC2. The number of halogens is 1. The first-order valence-corrected chi connectivity index (χ1v) is 10.3. The van der Waals surface area contributed by atoms with E-state index in [1.54, 1.807) is 0 Å². The van der Waals surface area contributed by atoms with Crippen LogP contribution in [0.2, 0.25) is 5.02 Å². The lowest BCUT2D eigenvalue weighted by Crippen LogP contribution is -2.19. The maximum Gasteiger partial charge on any atom is 0.251 e. The zero-order valence-corrected chi connectivity index (χ0v) is 16.0. The smallest absolute Gasteiger partial charge is 0.251 e. The molecule has 4 nitrogen and oxygen atoms in total. The van der Waals surface area contributed by atoms with Crippen molar-refractivity contribution < 1.29 is 9.59 Å². The summed E-state index contributed by atoms with van der Waals surface area (Å²) in [7, 11) is 0. The largest absolute Gasteiger partial charge is 0.365 e. The summed E-state index contributed by atoms with van der Waals surface area (Å²) >= 11 is 7.77. The third kappa shape index (κ3) is 3.26. The van der Waals surface area contributed by atoms with Crippen LogP contribution in [-0.4, -0.2) is 11.8 Å². The molecular weight excluding hydrogens is 368 g/mol. The van der Waals surface area contributed by atoms with Gasteiger partial charge in [-0.2, -0.15) is 0 Å². The highest BCUT2D eigenvalue weighted by molar-refractivity contribution is 7.17. The summed E-state index contributed by atoms with van der Waals surface area (Å²) in [6.07, 6.45) is 5.97. The highest BCUT2D eigenvalue weighted by atomic mass is 35.5. The molecule has 4 rings (SSSR count). The molecule has 0 spiro atoms. The second-order valence-corrected chi connectivity index (χ2v) is 8.60. The number of anilines is 1. The molecule has 0 bridgehead atoms. The van der Waals surface area contributed by atoms with Crippen molar-refractivity contribution in [2.24, 2.45) is 11.7 Å². The van der Waals surface area contributed by atoms with Crippen LogP contribution < -0.4 is 11.1 Å². The Morgan fingerprint density at radius 1 is 1.15 bits per heavy atom. The van der Waals surface area contributed by atoms with Crippen LogP contribution >= 0.6 is 22.9 Å². The summed E-state index contributed by atoms with van der Waals surface area (Å²) in [5.41, 5.74) is 8.23. The lowest BCUT2D eigenvalue weighted by atomic mass is 10.1. The zero-order chi connectivity index (χ0) is 18.3. The van der Waals surface area contributed by atoms with E-state index in [9.17, 15) is 9.59 Å². The van der Waals surface area contributed by atoms with Crippen LogP contribution in [0.15, 0.2) is 24.3 Å². The first-order valence-electron chi connectivity index (χ1n) is 9.06. The topological polar surface area (TPSA) is 72.2 Å². The number of benzene rings is 1. The van der Waals surface area contributed by atoms with Crippen LogP contribution in [0.5, 0.6) is 0 Å². The minimum atomic E-state index is -0.446. The lowest BCUT2D eigenvalue weighted by molar-refractivity contribution is -0.117. The molecule has 1 aromatic carbocycles. The quantitative estimate of drug-likeness (QED) is 0.756. The van der Waals surface area contributed by atoms with Crippen LogP contribution in [0, 0.1) is 5.92 Å². The molecule has 0 radical (unpaired) electrons. The highest BCUT2D eigenvalue weighted by Gasteiger charge is 2.45. The van der Waals surface area contributed by atoms with Gasteiger partial charge in [0.25, 0.3) is 5.91 Å². The van der Waals surface area contributed by atoms with Gasteiger partial charge in [0.05, 0.1) is 5.56 Å². The number of carbonyl (C=O) groups excluding carboxylic acids is 2. The molecule has 3 N–H and O–H groups in total. The summed E-state index contributed by atoms with van der Waals surface area (Å²) in [5, 5.41) is 4.31. The van der Waals surface area contributed by atoms with Crippen LogP contribution in [0.1, 0.15) is 58.0 Å². The van der Waals surface area contributed by atoms with E-state index in [1.807, 2.05) is 24.3 Å². The molecule has 1 aromatic heterocycles. The number of carbonyl (C=O) groups is 2. The number of amides is 2. The van der Waals surface area contributed by atoms with Gasteiger partial charge < -0.3 is 11.1 Å². The normalized spacial score (nSPS) is 21.6. The Labute approximate surface area is 161 Å². The fourth-order valence-electron chi connectivity index (χ4n) is 3.90. The molecule has 1 fully saturated rings. The maximum atomic E-state index is 12.7. The van der Waals surface area contributed by atoms with E-state index in [1.165, 1.54) is 22.6 Å². The van der Waals surface area contributed by atoms with Gasteiger partial charge in [-0.25, -0.2) is 0 Å². The molecule has 2 atom stereocenters. The van der Waals surface area contributed by atoms with E-state index in [0.717, 1.165) is 43.2 Å². The molecule has 2 amide bonds. The molecule has 0 aliphatic heterocycles. The van der Waals surface area contributed by atoms with Crippen molar-refractivity contribution in [2.75, 3.05) is 5.32 Å². The van der Waals surface area contributed by atoms with Crippen molar-refractivity contribution in [3.05, 3.63) is 50.9 Å². The van der Waals surface area contributed by atoms with Crippen LogP contribution in [0.4, 0.5) is 5.00 Å². The van der Waals surface area contributed by atoms with E-state index >= 15 is 0 Å². The average Bonchev–Trinajstić information content (AvgIpc) is 3.36. The van der Waals surface area contributed by atoms with Gasteiger partial charge in [-0.05, 0) is 55.2 Å². The van der Waals surface area contributed by atoms with E-state index < -0.39 is 5.91 Å². The zero-order valence-electron chi connectivity index (χ0n) is 14.4. The van der Waals surface area contributed by atoms with Gasteiger partial charge in [0.2, 0.25) is 5.91 Å². The number of aryl methyl sites for hydroxylation is 1. The minimum Gasteiger partial charge on any atom is -0.365 e. The second-order valence-electron chi connectivity index (χ2n) is 7.09. The lowest BCUT2D eigenvalue weighted by Gasteiger charge is -2.07. The molecule has 0 saturated heterocycles. The van der Waals surface area contributed by atoms with Gasteiger partial charge in [-0.1, -0.05) is 36.2 Å². The standard InChI is InChI=1S/C20H21ClN2O2S/c21-15-8-5-4-6-11(15)13-10-14(13)19(25)23-20-17(18(22)24)12-7-2-1-3-9-16(12)26-20/h4-6,8,13-14H,1-3,7,9-10H2,(H2,22,24)(H,23,25). The van der Waals surface area contributed by atoms with Gasteiger partial charge in [-0.3, -0.25) is 9.59 Å². The Kier molecular flexibility index (Phi) is 4.76. The van der Waals surface area contributed by atoms with Crippen molar-refractivity contribution in [3.8, 4) is 0 Å². The predicted molar refractivity (Wildman–Crippen MR) is 105 cm³/mol. The van der Waals surface area contributed by atoms with Crippen molar-refractivity contribution in [1.29, 1.82) is 0 Å². The summed E-state index contributed by atoms with van der Waals surface area (Å²) in [6, 6.07) is 7.66. The first-order chi connectivity index (χ1) is 12.6. The molecule has 2 aromatic rings. The molecule has 2 aliphatic rings. The molecule has 2 aliphatic carbocycles. The fourth-order valence-corrected chi connectivity index (χ4v) is 5.47. The molecular formula is C20H21ClN2O2S. The summed E-state index contributed by atoms with van der Waals surface area (Å²) in [5.74, 6) is -0.442. The number of hydrogen-bond donors (Lipinski definition) is 2. The van der Waals surface area contributed by atoms with Crippen LogP contribution in [0.25, 0.3) is 0 Å². The second kappa shape index (κ2) is 7.05. The Hall–Kier alpha value is -1.85. The number of thiophene rings is 1. The Bertz CT molecular complexity index is 877. The summed E-state index contributed by atoms with van der Waals surface area (Å²) in [4.78, 5) is 25.9. The molecule has 1 heterocycles. The van der Waals surface area contributed by atoms with E-state index in [0.29, 0.717) is 15.6 Å². The van der Waals surface area contributed by atoms with Crippen molar-refractivity contribution in [2.45, 2.75) is 44.4 Å². The monoisotopic (exact) mass is 388 g/mol. The van der Waals surface area contributed by atoms with E-state index in [2.05, 4.69) is 5.32 Å². The number of hydrogen-bond acceptors (Lipinski definition) is 3. The van der Waals surface area contributed by atoms with Gasteiger partial charge in [-0.15, -0.1) is 11.3 Å². The van der Waals surface area contributed by atoms with Gasteiger partial charge >= 0.3 is 0 Å². The minimum absolute atomic E-state index is 0.0474. The summed E-state index contributed by atoms with van der Waals surface area (Å²) < 4.78 is 0. The molecule has 2 unspecified atom stereocenters. The third-order valence-corrected chi connectivity index (χ3v) is 6.89. The Balaban J connectivity index is 1.54. The number of rotatable bonds is 4. The predicted octanol–water partition coefficient (Wildman–Crippen LogP) is 4.51. The van der Waals surface area contributed by atoms with Gasteiger partial charge in [0.15, 0.2) is 0 Å². The van der Waals surface area contributed by atoms with Crippen LogP contribution in [0.3, 0.4) is 0 Å². The van der Waals surface area contributed by atoms with E-state index in [-0.39, 0.29) is 17.7 Å². The maximum absolute atomic E-state index is 12.7. The van der Waals surface area contributed by atoms with Gasteiger partial charge in [0, 0.05) is 15.8 Å². The fraction of sp³-hybridized carbons (Fsp3) is 0.400. The number of nitrogens with two attached hydrogens (primary N) is 1. The van der Waals surface area contributed by atoms with Crippen molar-refractivity contribution >= 4 is 39.8 Å². The summed E-state index contributed by atoms with van der Waals surface area (Å²) in [6.45, 7) is 0. The molecule has 26 heavy (non-hydrogen) atoms. The average molecular weight is 389 g/mol. The van der Waals surface area contributed by atoms with Crippen LogP contribution in [-0.2, 0) is 17.6 Å². The van der Waals surface area contributed by atoms with Crippen molar-refractivity contribution in [1.82, 2.24) is 0 Å². The number of fused-ring (bicyclic) bond motifs is 1. The molecule has 136 valence electrons.